The summed E-state index contributed by atoms with van der Waals surface area (Å²) < 4.78 is 5.27. The number of rotatable bonds is 4. The average Bonchev–Trinajstić information content (AvgIpc) is 2.43. The normalized spacial score (nSPS) is 15.4. The van der Waals surface area contributed by atoms with E-state index in [0.29, 0.717) is 24.2 Å². The van der Waals surface area contributed by atoms with Crippen molar-refractivity contribution in [3.63, 3.8) is 0 Å². The van der Waals surface area contributed by atoms with Gasteiger partial charge >= 0.3 is 6.09 Å². The van der Waals surface area contributed by atoms with Crippen LogP contribution in [-0.4, -0.2) is 51.6 Å². The molecular formula is C16H24N6O4. The maximum atomic E-state index is 11.9. The van der Waals surface area contributed by atoms with Gasteiger partial charge in [0.2, 0.25) is 0 Å². The van der Waals surface area contributed by atoms with Gasteiger partial charge in [0.25, 0.3) is 5.69 Å². The van der Waals surface area contributed by atoms with Crippen LogP contribution in [0.15, 0.2) is 23.3 Å². The lowest BCUT2D eigenvalue weighted by Gasteiger charge is -2.42. The van der Waals surface area contributed by atoms with Gasteiger partial charge in [0.1, 0.15) is 5.60 Å². The van der Waals surface area contributed by atoms with Gasteiger partial charge in [0.05, 0.1) is 11.0 Å². The fraction of sp³-hybridized carbons (Fsp3) is 0.500. The van der Waals surface area contributed by atoms with E-state index in [1.807, 2.05) is 0 Å². The Bertz CT molecular complexity index is 737. The first-order valence-corrected chi connectivity index (χ1v) is 8.09. The molecule has 1 saturated heterocycles. The molecule has 0 atom stereocenters. The van der Waals surface area contributed by atoms with Crippen molar-refractivity contribution in [3.05, 3.63) is 39.4 Å². The zero-order valence-corrected chi connectivity index (χ0v) is 15.3. The molecule has 10 heteroatoms. The molecule has 1 aromatic carbocycles. The lowest BCUT2D eigenvalue weighted by Crippen LogP contribution is -2.62. The van der Waals surface area contributed by atoms with Crippen LogP contribution in [0.5, 0.6) is 0 Å². The molecule has 1 aliphatic rings. The van der Waals surface area contributed by atoms with Gasteiger partial charge in [-0.1, -0.05) is 12.1 Å². The molecular weight excluding hydrogens is 340 g/mol. The molecule has 1 aromatic rings. The third-order valence-corrected chi connectivity index (χ3v) is 3.81. The third kappa shape index (κ3) is 4.60. The van der Waals surface area contributed by atoms with E-state index in [9.17, 15) is 14.9 Å². The van der Waals surface area contributed by atoms with Gasteiger partial charge in [0, 0.05) is 30.3 Å². The number of ether oxygens (including phenoxy) is 1. The van der Waals surface area contributed by atoms with Crippen molar-refractivity contribution in [2.45, 2.75) is 39.3 Å². The van der Waals surface area contributed by atoms with Gasteiger partial charge in [-0.05, 0) is 27.7 Å². The molecule has 4 N–H and O–H groups in total. The van der Waals surface area contributed by atoms with Crippen LogP contribution in [-0.2, 0) is 4.74 Å². The van der Waals surface area contributed by atoms with Gasteiger partial charge < -0.3 is 15.4 Å². The average molecular weight is 364 g/mol. The quantitative estimate of drug-likeness (QED) is 0.270. The first-order valence-electron chi connectivity index (χ1n) is 8.09. The Balaban J connectivity index is 1.99. The Hall–Kier alpha value is -2.88. The standard InChI is InChI=1S/C16H24N6O4/c1-10-5-6-11(7-13(10)22(24)25)14(17)19-21(18)12-8-20(9-12)15(23)26-16(2,3)4/h5-7,12H,8-9,18H2,1-4H3,(H2,17,19). The van der Waals surface area contributed by atoms with Gasteiger partial charge in [-0.25, -0.2) is 15.8 Å². The number of carbonyl (C=O) groups excluding carboxylic acids is 1. The second-order valence-corrected chi connectivity index (χ2v) is 7.16. The Labute approximate surface area is 151 Å². The number of carbonyl (C=O) groups is 1. The van der Waals surface area contributed by atoms with Gasteiger partial charge in [-0.2, -0.15) is 0 Å². The lowest BCUT2D eigenvalue weighted by atomic mass is 10.1. The monoisotopic (exact) mass is 364 g/mol. The SMILES string of the molecule is Cc1ccc(/C(N)=N/N(N)C2CN(C(=O)OC(C)(C)C)C2)cc1[N+](=O)[O-]. The first kappa shape index (κ1) is 19.4. The Morgan fingerprint density at radius 1 is 1.42 bits per heavy atom. The topological polar surface area (TPSA) is 140 Å². The molecule has 1 aliphatic heterocycles. The van der Waals surface area contributed by atoms with E-state index in [0.717, 1.165) is 0 Å². The van der Waals surface area contributed by atoms with Crippen molar-refractivity contribution < 1.29 is 14.5 Å². The molecule has 0 radical (unpaired) electrons. The second-order valence-electron chi connectivity index (χ2n) is 7.16. The van der Waals surface area contributed by atoms with Crippen molar-refractivity contribution >= 4 is 17.6 Å². The summed E-state index contributed by atoms with van der Waals surface area (Å²) in [7, 11) is 0. The number of likely N-dealkylation sites (tertiary alicyclic amines) is 1. The number of nitrogens with zero attached hydrogens (tertiary/aromatic N) is 4. The summed E-state index contributed by atoms with van der Waals surface area (Å²) in [4.78, 5) is 24.0. The molecule has 0 bridgehead atoms. The van der Waals surface area contributed by atoms with Crippen LogP contribution in [0.25, 0.3) is 0 Å². The molecule has 0 aromatic heterocycles. The summed E-state index contributed by atoms with van der Waals surface area (Å²) >= 11 is 0. The predicted molar refractivity (Wildman–Crippen MR) is 96.2 cm³/mol. The van der Waals surface area contributed by atoms with Gasteiger partial charge in [-0.15, -0.1) is 5.10 Å². The smallest absolute Gasteiger partial charge is 0.410 e. The molecule has 10 nitrogen and oxygen atoms in total. The van der Waals surface area contributed by atoms with Crippen LogP contribution >= 0.6 is 0 Å². The Morgan fingerprint density at radius 3 is 2.58 bits per heavy atom. The number of nitro benzene ring substituents is 1. The largest absolute Gasteiger partial charge is 0.444 e. The van der Waals surface area contributed by atoms with Crippen LogP contribution in [0.4, 0.5) is 10.5 Å². The molecule has 0 spiro atoms. The number of aryl methyl sites for hydroxylation is 1. The molecule has 0 saturated carbocycles. The van der Waals surface area contributed by atoms with E-state index < -0.39 is 16.6 Å². The molecule has 0 unspecified atom stereocenters. The van der Waals surface area contributed by atoms with Crippen molar-refractivity contribution in [2.75, 3.05) is 13.1 Å². The van der Waals surface area contributed by atoms with Crippen LogP contribution < -0.4 is 11.6 Å². The van der Waals surface area contributed by atoms with E-state index in [2.05, 4.69) is 5.10 Å². The molecule has 1 heterocycles. The highest BCUT2D eigenvalue weighted by Gasteiger charge is 2.36. The van der Waals surface area contributed by atoms with Crippen molar-refractivity contribution in [1.82, 2.24) is 10.0 Å². The molecule has 26 heavy (non-hydrogen) atoms. The summed E-state index contributed by atoms with van der Waals surface area (Å²) in [5.41, 5.74) is 6.24. The number of hydrogen-bond acceptors (Lipinski definition) is 7. The van der Waals surface area contributed by atoms with Crippen LogP contribution in [0.3, 0.4) is 0 Å². The Kier molecular flexibility index (Phi) is 5.36. The van der Waals surface area contributed by atoms with Crippen LogP contribution in [0.1, 0.15) is 31.9 Å². The number of hydrogen-bond donors (Lipinski definition) is 2. The minimum atomic E-state index is -0.562. The summed E-state index contributed by atoms with van der Waals surface area (Å²) in [6, 6.07) is 4.39. The van der Waals surface area contributed by atoms with E-state index in [1.54, 1.807) is 39.8 Å². The summed E-state index contributed by atoms with van der Waals surface area (Å²) in [5.74, 6) is 5.95. The maximum Gasteiger partial charge on any atom is 0.410 e. The minimum absolute atomic E-state index is 0.0380. The number of hydrazone groups is 1. The van der Waals surface area contributed by atoms with Gasteiger partial charge in [-0.3, -0.25) is 10.1 Å². The Morgan fingerprint density at radius 2 is 2.04 bits per heavy atom. The molecule has 0 aliphatic carbocycles. The van der Waals surface area contributed by atoms with E-state index in [1.165, 1.54) is 16.1 Å². The number of hydrazine groups is 1. The summed E-state index contributed by atoms with van der Waals surface area (Å²) in [5, 5.41) is 16.3. The predicted octanol–water partition coefficient (Wildman–Crippen LogP) is 1.32. The number of nitro groups is 1. The number of benzene rings is 1. The minimum Gasteiger partial charge on any atom is -0.444 e. The molecule has 1 fully saturated rings. The molecule has 1 amide bonds. The summed E-state index contributed by atoms with van der Waals surface area (Å²) in [6.45, 7) is 7.74. The van der Waals surface area contributed by atoms with Crippen molar-refractivity contribution in [3.8, 4) is 0 Å². The zero-order valence-electron chi connectivity index (χ0n) is 15.3. The van der Waals surface area contributed by atoms with Crippen LogP contribution in [0, 0.1) is 17.0 Å². The maximum absolute atomic E-state index is 11.9. The molecule has 2 rings (SSSR count). The summed E-state index contributed by atoms with van der Waals surface area (Å²) in [6.07, 6.45) is -0.409. The van der Waals surface area contributed by atoms with E-state index >= 15 is 0 Å². The van der Waals surface area contributed by atoms with Gasteiger partial charge in [0.15, 0.2) is 5.84 Å². The van der Waals surface area contributed by atoms with E-state index in [4.69, 9.17) is 16.3 Å². The lowest BCUT2D eigenvalue weighted by molar-refractivity contribution is -0.385. The number of amides is 1. The highest BCUT2D eigenvalue weighted by atomic mass is 16.6. The van der Waals surface area contributed by atoms with Crippen molar-refractivity contribution in [2.24, 2.45) is 16.7 Å². The fourth-order valence-corrected chi connectivity index (χ4v) is 2.33. The third-order valence-electron chi connectivity index (χ3n) is 3.81. The number of nitrogens with two attached hydrogens (primary N) is 2. The first-order chi connectivity index (χ1) is 12.0. The van der Waals surface area contributed by atoms with E-state index in [-0.39, 0.29) is 17.6 Å². The number of amidine groups is 1. The van der Waals surface area contributed by atoms with Crippen LogP contribution in [0.2, 0.25) is 0 Å². The highest BCUT2D eigenvalue weighted by Crippen LogP contribution is 2.20. The zero-order chi connectivity index (χ0) is 19.6. The van der Waals surface area contributed by atoms with Crippen molar-refractivity contribution in [1.29, 1.82) is 0 Å². The highest BCUT2D eigenvalue weighted by molar-refractivity contribution is 5.98. The fourth-order valence-electron chi connectivity index (χ4n) is 2.33. The molecule has 142 valence electrons. The second kappa shape index (κ2) is 7.16.